The summed E-state index contributed by atoms with van der Waals surface area (Å²) in [5.74, 6) is -0.210. The Morgan fingerprint density at radius 2 is 2.00 bits per heavy atom. The number of aryl methyl sites for hydroxylation is 1. The third kappa shape index (κ3) is 4.89. The molecule has 7 heteroatoms. The second-order valence-electron chi connectivity index (χ2n) is 6.64. The van der Waals surface area contributed by atoms with Gasteiger partial charge in [-0.2, -0.15) is 0 Å². The van der Waals surface area contributed by atoms with E-state index in [-0.39, 0.29) is 28.8 Å². The Hall–Kier alpha value is -3.12. The Morgan fingerprint density at radius 1 is 1.23 bits per heavy atom. The van der Waals surface area contributed by atoms with Gasteiger partial charge in [-0.05, 0) is 55.7 Å². The first-order valence-electron chi connectivity index (χ1n) is 9.68. The van der Waals surface area contributed by atoms with E-state index in [0.29, 0.717) is 24.3 Å². The summed E-state index contributed by atoms with van der Waals surface area (Å²) in [5, 5.41) is 0.201. The number of hydrogen-bond donors (Lipinski definition) is 0. The Balaban J connectivity index is 1.95. The Labute approximate surface area is 180 Å². The van der Waals surface area contributed by atoms with Crippen molar-refractivity contribution in [2.24, 2.45) is 4.99 Å². The average molecular weight is 428 g/mol. The zero-order valence-electron chi connectivity index (χ0n) is 17.0. The zero-order valence-corrected chi connectivity index (χ0v) is 17.8. The fraction of sp³-hybridized carbons (Fsp3) is 0.261. The summed E-state index contributed by atoms with van der Waals surface area (Å²) in [6, 6.07) is 10.7. The van der Waals surface area contributed by atoms with Crippen LogP contribution in [0.1, 0.15) is 43.4 Å². The van der Waals surface area contributed by atoms with E-state index >= 15 is 0 Å². The van der Waals surface area contributed by atoms with Crippen LogP contribution in [0.5, 0.6) is 11.5 Å². The van der Waals surface area contributed by atoms with Crippen molar-refractivity contribution < 1.29 is 23.8 Å². The Morgan fingerprint density at radius 3 is 2.70 bits per heavy atom. The molecule has 0 unspecified atom stereocenters. The van der Waals surface area contributed by atoms with Crippen molar-refractivity contribution in [2.45, 2.75) is 33.6 Å². The number of carbonyl (C=O) groups excluding carboxylic acids is 2. The van der Waals surface area contributed by atoms with Gasteiger partial charge in [0.05, 0.1) is 11.6 Å². The van der Waals surface area contributed by atoms with E-state index in [1.54, 1.807) is 18.2 Å². The van der Waals surface area contributed by atoms with Gasteiger partial charge >= 0.3 is 11.9 Å². The van der Waals surface area contributed by atoms with Crippen molar-refractivity contribution in [1.82, 2.24) is 0 Å². The molecule has 0 aliphatic carbocycles. The number of hydrogen-bond acceptors (Lipinski definition) is 6. The maximum atomic E-state index is 12.3. The second-order valence-corrected chi connectivity index (χ2v) is 7.05. The third-order valence-corrected chi connectivity index (χ3v) is 4.58. The van der Waals surface area contributed by atoms with Crippen LogP contribution < -0.4 is 9.47 Å². The van der Waals surface area contributed by atoms with Gasteiger partial charge in [0.25, 0.3) is 0 Å². The molecule has 0 spiro atoms. The maximum Gasteiger partial charge on any atom is 0.363 e. The number of halogens is 1. The fourth-order valence-corrected chi connectivity index (χ4v) is 3.16. The summed E-state index contributed by atoms with van der Waals surface area (Å²) >= 11 is 6.34. The van der Waals surface area contributed by atoms with Crippen LogP contribution in [0, 0.1) is 6.92 Å². The monoisotopic (exact) mass is 427 g/mol. The molecule has 1 heterocycles. The summed E-state index contributed by atoms with van der Waals surface area (Å²) in [4.78, 5) is 28.5. The molecule has 0 aromatic heterocycles. The smallest absolute Gasteiger partial charge is 0.363 e. The lowest BCUT2D eigenvalue weighted by molar-refractivity contribution is -0.134. The van der Waals surface area contributed by atoms with E-state index in [4.69, 9.17) is 25.8 Å². The van der Waals surface area contributed by atoms with Gasteiger partial charge in [0, 0.05) is 12.0 Å². The molecule has 1 aliphatic rings. The lowest BCUT2D eigenvalue weighted by atomic mass is 10.1. The third-order valence-electron chi connectivity index (χ3n) is 4.30. The van der Waals surface area contributed by atoms with Crippen molar-refractivity contribution in [3.05, 3.63) is 63.8 Å². The number of rotatable bonds is 7. The van der Waals surface area contributed by atoms with Crippen LogP contribution in [-0.2, 0) is 14.3 Å². The van der Waals surface area contributed by atoms with Crippen LogP contribution in [0.15, 0.2) is 47.1 Å². The van der Waals surface area contributed by atoms with Crippen molar-refractivity contribution in [2.75, 3.05) is 6.61 Å². The minimum Gasteiger partial charge on any atom is -0.490 e. The standard InChI is InChI=1S/C23H22ClNO5/c1-4-8-20(26)29-21-17(24)11-15(13-19(21)28-5-2)12-18-23(27)30-22(25-18)16-10-7-6-9-14(16)3/h6-7,9-13H,4-5,8H2,1-3H3/b18-12-. The van der Waals surface area contributed by atoms with E-state index in [9.17, 15) is 9.59 Å². The molecule has 156 valence electrons. The Kier molecular flexibility index (Phi) is 6.90. The molecule has 0 saturated carbocycles. The number of esters is 2. The second kappa shape index (κ2) is 9.59. The molecular weight excluding hydrogens is 406 g/mol. The molecular formula is C23H22ClNO5. The van der Waals surface area contributed by atoms with Crippen molar-refractivity contribution in [3.8, 4) is 11.5 Å². The highest BCUT2D eigenvalue weighted by molar-refractivity contribution is 6.32. The number of nitrogens with zero attached hydrogens (tertiary/aromatic N) is 1. The van der Waals surface area contributed by atoms with Crippen molar-refractivity contribution >= 4 is 35.5 Å². The number of ether oxygens (including phenoxy) is 3. The minimum absolute atomic E-state index is 0.141. The molecule has 3 rings (SSSR count). The van der Waals surface area contributed by atoms with Crippen LogP contribution in [0.3, 0.4) is 0 Å². The molecule has 2 aromatic carbocycles. The number of carbonyl (C=O) groups is 2. The molecule has 0 atom stereocenters. The van der Waals surface area contributed by atoms with Gasteiger partial charge in [0.2, 0.25) is 5.90 Å². The molecule has 2 aromatic rings. The highest BCUT2D eigenvalue weighted by atomic mass is 35.5. The molecule has 0 N–H and O–H groups in total. The zero-order chi connectivity index (χ0) is 21.7. The Bertz CT molecular complexity index is 1040. The summed E-state index contributed by atoms with van der Waals surface area (Å²) in [7, 11) is 0. The van der Waals surface area contributed by atoms with Gasteiger partial charge in [-0.1, -0.05) is 36.7 Å². The summed E-state index contributed by atoms with van der Waals surface area (Å²) in [5.41, 5.74) is 2.41. The number of cyclic esters (lactones) is 1. The highest BCUT2D eigenvalue weighted by Crippen LogP contribution is 2.38. The van der Waals surface area contributed by atoms with Gasteiger partial charge in [0.1, 0.15) is 0 Å². The van der Waals surface area contributed by atoms with Crippen molar-refractivity contribution in [1.29, 1.82) is 0 Å². The number of benzene rings is 2. The SMILES string of the molecule is CCCC(=O)Oc1c(Cl)cc(/C=C2\N=C(c3ccccc3C)OC2=O)cc1OCC. The molecule has 0 fully saturated rings. The highest BCUT2D eigenvalue weighted by Gasteiger charge is 2.25. The van der Waals surface area contributed by atoms with Crippen LogP contribution in [0.25, 0.3) is 6.08 Å². The van der Waals surface area contributed by atoms with E-state index in [2.05, 4.69) is 4.99 Å². The quantitative estimate of drug-likeness (QED) is 0.349. The largest absolute Gasteiger partial charge is 0.490 e. The molecule has 0 amide bonds. The molecule has 0 saturated heterocycles. The molecule has 30 heavy (non-hydrogen) atoms. The van der Waals surface area contributed by atoms with Crippen LogP contribution in [0.4, 0.5) is 0 Å². The first-order chi connectivity index (χ1) is 14.4. The molecule has 6 nitrogen and oxygen atoms in total. The number of aliphatic imine (C=N–C) groups is 1. The van der Waals surface area contributed by atoms with Crippen LogP contribution in [0.2, 0.25) is 5.02 Å². The predicted molar refractivity (Wildman–Crippen MR) is 115 cm³/mol. The van der Waals surface area contributed by atoms with Gasteiger partial charge < -0.3 is 14.2 Å². The predicted octanol–water partition coefficient (Wildman–Crippen LogP) is 5.10. The maximum absolute atomic E-state index is 12.3. The first kappa shape index (κ1) is 21.6. The lowest BCUT2D eigenvalue weighted by Crippen LogP contribution is -2.09. The van der Waals surface area contributed by atoms with E-state index in [0.717, 1.165) is 11.1 Å². The van der Waals surface area contributed by atoms with Gasteiger partial charge in [-0.25, -0.2) is 9.79 Å². The molecule has 1 aliphatic heterocycles. The van der Waals surface area contributed by atoms with E-state index < -0.39 is 11.9 Å². The normalized spacial score (nSPS) is 14.5. The first-order valence-corrected chi connectivity index (χ1v) is 10.1. The molecule has 0 bridgehead atoms. The van der Waals surface area contributed by atoms with Crippen LogP contribution in [-0.4, -0.2) is 24.4 Å². The van der Waals surface area contributed by atoms with E-state index in [1.807, 2.05) is 45.0 Å². The van der Waals surface area contributed by atoms with Gasteiger partial charge in [-0.15, -0.1) is 0 Å². The summed E-state index contributed by atoms with van der Waals surface area (Å²) in [6.07, 6.45) is 2.49. The average Bonchev–Trinajstić information content (AvgIpc) is 3.05. The fourth-order valence-electron chi connectivity index (χ4n) is 2.90. The summed E-state index contributed by atoms with van der Waals surface area (Å²) in [6.45, 7) is 5.96. The minimum atomic E-state index is -0.555. The van der Waals surface area contributed by atoms with Crippen molar-refractivity contribution in [3.63, 3.8) is 0 Å². The summed E-state index contributed by atoms with van der Waals surface area (Å²) < 4.78 is 16.3. The topological polar surface area (TPSA) is 74.2 Å². The molecule has 0 radical (unpaired) electrons. The lowest BCUT2D eigenvalue weighted by Gasteiger charge is -2.13. The van der Waals surface area contributed by atoms with Crippen LogP contribution >= 0.6 is 11.6 Å². The van der Waals surface area contributed by atoms with Gasteiger partial charge in [0.15, 0.2) is 17.2 Å². The van der Waals surface area contributed by atoms with Gasteiger partial charge in [-0.3, -0.25) is 4.79 Å². The van der Waals surface area contributed by atoms with E-state index in [1.165, 1.54) is 0 Å².